The number of thiazole rings is 2. The summed E-state index contributed by atoms with van der Waals surface area (Å²) in [6.45, 7) is 3.21. The van der Waals surface area contributed by atoms with Crippen molar-refractivity contribution >= 4 is 33.7 Å². The molecule has 3 aromatic rings. The zero-order valence-electron chi connectivity index (χ0n) is 14.3. The van der Waals surface area contributed by atoms with Crippen LogP contribution in [-0.4, -0.2) is 22.2 Å². The molecule has 5 nitrogen and oxygen atoms in total. The summed E-state index contributed by atoms with van der Waals surface area (Å²) >= 11 is 2.64. The number of nitrogens with zero attached hydrogens (tertiary/aromatic N) is 2. The minimum atomic E-state index is -4.75. The van der Waals surface area contributed by atoms with Crippen molar-refractivity contribution in [1.82, 2.24) is 9.97 Å². The average Bonchev–Trinajstić information content (AvgIpc) is 3.14. The van der Waals surface area contributed by atoms with E-state index in [2.05, 4.69) is 20.0 Å². The van der Waals surface area contributed by atoms with E-state index in [9.17, 15) is 18.0 Å². The van der Waals surface area contributed by atoms with Crippen LogP contribution in [0.25, 0.3) is 10.6 Å². The van der Waals surface area contributed by atoms with Gasteiger partial charge in [-0.3, -0.25) is 4.79 Å². The lowest BCUT2D eigenvalue weighted by Crippen LogP contribution is -2.18. The van der Waals surface area contributed by atoms with Crippen molar-refractivity contribution in [1.29, 1.82) is 0 Å². The maximum atomic E-state index is 12.6. The van der Waals surface area contributed by atoms with E-state index in [-0.39, 0.29) is 18.1 Å². The van der Waals surface area contributed by atoms with E-state index in [1.807, 2.05) is 12.3 Å². The van der Waals surface area contributed by atoms with Crippen molar-refractivity contribution in [2.24, 2.45) is 0 Å². The normalized spacial score (nSPS) is 11.4. The van der Waals surface area contributed by atoms with Crippen LogP contribution in [0.15, 0.2) is 29.6 Å². The van der Waals surface area contributed by atoms with E-state index in [0.717, 1.165) is 10.6 Å². The van der Waals surface area contributed by atoms with E-state index in [4.69, 9.17) is 0 Å². The van der Waals surface area contributed by atoms with Crippen LogP contribution < -0.4 is 10.1 Å². The third kappa shape index (κ3) is 5.04. The molecule has 0 unspecified atom stereocenters. The van der Waals surface area contributed by atoms with Gasteiger partial charge in [0.1, 0.15) is 5.75 Å². The highest BCUT2D eigenvalue weighted by Gasteiger charge is 2.32. The number of carbonyl (C=O) groups is 1. The number of amides is 1. The SMILES string of the molecule is CC(=O)Nc1nc(C)c(-c2csc(Cc3ccccc3OC(F)(F)F)n2)s1. The summed E-state index contributed by atoms with van der Waals surface area (Å²) in [6.07, 6.45) is -4.53. The lowest BCUT2D eigenvalue weighted by atomic mass is 10.1. The van der Waals surface area contributed by atoms with Gasteiger partial charge in [0.25, 0.3) is 0 Å². The maximum Gasteiger partial charge on any atom is 0.573 e. The second kappa shape index (κ2) is 7.65. The molecule has 0 atom stereocenters. The molecule has 142 valence electrons. The zero-order chi connectivity index (χ0) is 19.6. The molecular weight excluding hydrogens is 399 g/mol. The second-order valence-corrected chi connectivity index (χ2v) is 7.52. The highest BCUT2D eigenvalue weighted by atomic mass is 32.1. The minimum Gasteiger partial charge on any atom is -0.405 e. The lowest BCUT2D eigenvalue weighted by Gasteiger charge is -2.12. The molecule has 27 heavy (non-hydrogen) atoms. The third-order valence-electron chi connectivity index (χ3n) is 3.40. The molecule has 0 bridgehead atoms. The monoisotopic (exact) mass is 413 g/mol. The van der Waals surface area contributed by atoms with Crippen molar-refractivity contribution in [3.05, 3.63) is 45.9 Å². The number of para-hydroxylation sites is 1. The Labute approximate surface area is 160 Å². The Morgan fingerprint density at radius 2 is 2.00 bits per heavy atom. The number of aromatic nitrogens is 2. The van der Waals surface area contributed by atoms with Gasteiger partial charge in [0.05, 0.1) is 21.3 Å². The smallest absolute Gasteiger partial charge is 0.405 e. The zero-order valence-corrected chi connectivity index (χ0v) is 15.9. The Hall–Kier alpha value is -2.46. The standard InChI is InChI=1S/C17H14F3N3O2S2/c1-9-15(27-16(21-9)22-10(2)24)12-8-26-14(23-12)7-11-5-3-4-6-13(11)25-17(18,19)20/h3-6,8H,7H2,1-2H3,(H,21,22,24). The quantitative estimate of drug-likeness (QED) is 0.638. The van der Waals surface area contributed by atoms with Gasteiger partial charge < -0.3 is 10.1 Å². The molecule has 2 heterocycles. The second-order valence-electron chi connectivity index (χ2n) is 5.57. The fraction of sp³-hybridized carbons (Fsp3) is 0.235. The van der Waals surface area contributed by atoms with Gasteiger partial charge in [-0.25, -0.2) is 9.97 Å². The summed E-state index contributed by atoms with van der Waals surface area (Å²) in [5.41, 5.74) is 1.80. The van der Waals surface area contributed by atoms with E-state index >= 15 is 0 Å². The lowest BCUT2D eigenvalue weighted by molar-refractivity contribution is -0.274. The topological polar surface area (TPSA) is 64.1 Å². The van der Waals surface area contributed by atoms with Crippen molar-refractivity contribution in [3.63, 3.8) is 0 Å². The maximum absolute atomic E-state index is 12.6. The van der Waals surface area contributed by atoms with Crippen LogP contribution in [0.5, 0.6) is 5.75 Å². The van der Waals surface area contributed by atoms with Gasteiger partial charge in [-0.1, -0.05) is 29.5 Å². The fourth-order valence-electron chi connectivity index (χ4n) is 2.37. The molecule has 0 aliphatic rings. The largest absolute Gasteiger partial charge is 0.573 e. The van der Waals surface area contributed by atoms with Gasteiger partial charge in [-0.15, -0.1) is 24.5 Å². The molecule has 0 fully saturated rings. The molecule has 0 saturated heterocycles. The van der Waals surface area contributed by atoms with Crippen LogP contribution in [0.2, 0.25) is 0 Å². The van der Waals surface area contributed by atoms with Crippen molar-refractivity contribution in [3.8, 4) is 16.3 Å². The summed E-state index contributed by atoms with van der Waals surface area (Å²) in [7, 11) is 0. The number of anilines is 1. The summed E-state index contributed by atoms with van der Waals surface area (Å²) in [5, 5.41) is 5.58. The molecular formula is C17H14F3N3O2S2. The first-order chi connectivity index (χ1) is 12.7. The summed E-state index contributed by atoms with van der Waals surface area (Å²) in [5.74, 6) is -0.445. The molecule has 1 amide bonds. The van der Waals surface area contributed by atoms with Crippen molar-refractivity contribution in [2.45, 2.75) is 26.6 Å². The number of hydrogen-bond acceptors (Lipinski definition) is 6. The van der Waals surface area contributed by atoms with Gasteiger partial charge in [0.2, 0.25) is 5.91 Å². The summed E-state index contributed by atoms with van der Waals surface area (Å²) in [4.78, 5) is 20.8. The predicted molar refractivity (Wildman–Crippen MR) is 98.2 cm³/mol. The fourth-order valence-corrected chi connectivity index (χ4v) is 4.23. The number of nitrogens with one attached hydrogen (secondary N) is 1. The number of rotatable bonds is 5. The Morgan fingerprint density at radius 3 is 2.70 bits per heavy atom. The number of ether oxygens (including phenoxy) is 1. The number of halogens is 3. The van der Waals surface area contributed by atoms with Gasteiger partial charge in [-0.05, 0) is 13.0 Å². The summed E-state index contributed by atoms with van der Waals surface area (Å²) in [6, 6.07) is 6.00. The van der Waals surface area contributed by atoms with Gasteiger partial charge in [-0.2, -0.15) is 0 Å². The van der Waals surface area contributed by atoms with Gasteiger partial charge in [0.15, 0.2) is 5.13 Å². The number of carbonyl (C=O) groups excluding carboxylic acids is 1. The number of alkyl halides is 3. The van der Waals surface area contributed by atoms with Crippen LogP contribution in [0.4, 0.5) is 18.3 Å². The first-order valence-corrected chi connectivity index (χ1v) is 9.44. The highest BCUT2D eigenvalue weighted by Crippen LogP contribution is 2.34. The van der Waals surface area contributed by atoms with Gasteiger partial charge >= 0.3 is 6.36 Å². The highest BCUT2D eigenvalue weighted by molar-refractivity contribution is 7.19. The number of hydrogen-bond donors (Lipinski definition) is 1. The minimum absolute atomic E-state index is 0.212. The van der Waals surface area contributed by atoms with Crippen LogP contribution >= 0.6 is 22.7 Å². The van der Waals surface area contributed by atoms with Crippen molar-refractivity contribution in [2.75, 3.05) is 5.32 Å². The van der Waals surface area contributed by atoms with Gasteiger partial charge in [0, 0.05) is 24.3 Å². The van der Waals surface area contributed by atoms with Crippen LogP contribution in [0.3, 0.4) is 0 Å². The molecule has 0 radical (unpaired) electrons. The Balaban J connectivity index is 1.82. The molecule has 1 N–H and O–H groups in total. The molecule has 1 aromatic carbocycles. The van der Waals surface area contributed by atoms with E-state index in [1.165, 1.54) is 41.7 Å². The number of benzene rings is 1. The van der Waals surface area contributed by atoms with Crippen LogP contribution in [0, 0.1) is 6.92 Å². The molecule has 0 spiro atoms. The molecule has 0 saturated carbocycles. The van der Waals surface area contributed by atoms with Crippen molar-refractivity contribution < 1.29 is 22.7 Å². The third-order valence-corrected chi connectivity index (χ3v) is 5.35. The molecule has 3 rings (SSSR count). The molecule has 0 aliphatic carbocycles. The Morgan fingerprint density at radius 1 is 1.26 bits per heavy atom. The van der Waals surface area contributed by atoms with Crippen LogP contribution in [0.1, 0.15) is 23.2 Å². The van der Waals surface area contributed by atoms with Crippen LogP contribution in [-0.2, 0) is 11.2 Å². The Kier molecular flexibility index (Phi) is 5.47. The first-order valence-electron chi connectivity index (χ1n) is 7.74. The summed E-state index contributed by atoms with van der Waals surface area (Å²) < 4.78 is 41.7. The predicted octanol–water partition coefficient (Wildman–Crippen LogP) is 5.02. The molecule has 0 aliphatic heterocycles. The first kappa shape index (κ1) is 19.3. The molecule has 2 aromatic heterocycles. The molecule has 10 heteroatoms. The average molecular weight is 413 g/mol. The van der Waals surface area contributed by atoms with E-state index < -0.39 is 6.36 Å². The van der Waals surface area contributed by atoms with E-state index in [1.54, 1.807) is 12.1 Å². The van der Waals surface area contributed by atoms with E-state index in [0.29, 0.717) is 21.4 Å². The number of aryl methyl sites for hydroxylation is 1. The Bertz CT molecular complexity index is 966.